The summed E-state index contributed by atoms with van der Waals surface area (Å²) in [5.41, 5.74) is 0. The van der Waals surface area contributed by atoms with Crippen molar-refractivity contribution in [2.24, 2.45) is 0 Å². The minimum absolute atomic E-state index is 0.396. The third-order valence-electron chi connectivity index (χ3n) is 2.08. The van der Waals surface area contributed by atoms with Crippen LogP contribution in [0.2, 0.25) is 0 Å². The highest BCUT2D eigenvalue weighted by molar-refractivity contribution is 9.10. The molecule has 0 atom stereocenters. The van der Waals surface area contributed by atoms with Crippen molar-refractivity contribution in [2.75, 3.05) is 0 Å². The number of halogens is 1. The van der Waals surface area contributed by atoms with Crippen molar-refractivity contribution in [1.82, 2.24) is 0 Å². The first-order valence-corrected chi connectivity index (χ1v) is 7.45. The van der Waals surface area contributed by atoms with Crippen LogP contribution in [0.25, 0.3) is 0 Å². The molecule has 0 aliphatic heterocycles. The van der Waals surface area contributed by atoms with Gasteiger partial charge in [0.25, 0.3) is 0 Å². The quantitative estimate of drug-likeness (QED) is 0.839. The summed E-state index contributed by atoms with van der Waals surface area (Å²) in [7, 11) is 0. The summed E-state index contributed by atoms with van der Waals surface area (Å²) in [5.74, 6) is -0.0623. The molecule has 1 aromatic carbocycles. The van der Waals surface area contributed by atoms with Gasteiger partial charge in [0, 0.05) is 20.0 Å². The summed E-state index contributed by atoms with van der Waals surface area (Å²) in [6.07, 6.45) is 0. The van der Waals surface area contributed by atoms with Crippen LogP contribution in [0.1, 0.15) is 14.5 Å². The molecule has 17 heavy (non-hydrogen) atoms. The lowest BCUT2D eigenvalue weighted by molar-refractivity contribution is 0.0702. The third-order valence-corrected chi connectivity index (χ3v) is 5.41. The Hall–Kier alpha value is -0.780. The summed E-state index contributed by atoms with van der Waals surface area (Å²) in [6.45, 7) is 0. The Morgan fingerprint density at radius 3 is 2.71 bits per heavy atom. The Morgan fingerprint density at radius 1 is 1.29 bits per heavy atom. The van der Waals surface area contributed by atoms with Gasteiger partial charge < -0.3 is 5.11 Å². The van der Waals surface area contributed by atoms with Crippen molar-refractivity contribution in [1.29, 1.82) is 0 Å². The van der Waals surface area contributed by atoms with Gasteiger partial charge in [-0.1, -0.05) is 12.1 Å². The zero-order valence-electron chi connectivity index (χ0n) is 8.72. The fraction of sp³-hybridized carbons (Fsp3) is 0.0833. The average molecular weight is 329 g/mol. The maximum atomic E-state index is 10.7. The summed E-state index contributed by atoms with van der Waals surface area (Å²) in [6, 6.07) is 11.5. The Kier molecular flexibility index (Phi) is 4.25. The SMILES string of the molecule is O=C(O)c1ccc(CSc2ccccc2Br)s1. The first kappa shape index (κ1) is 12.7. The Labute approximate surface area is 116 Å². The van der Waals surface area contributed by atoms with Crippen LogP contribution in [0.4, 0.5) is 0 Å². The molecule has 5 heteroatoms. The number of thioether (sulfide) groups is 1. The molecule has 0 aliphatic carbocycles. The number of carboxylic acids is 1. The molecule has 0 aliphatic rings. The van der Waals surface area contributed by atoms with Crippen LogP contribution in [0.15, 0.2) is 45.8 Å². The maximum Gasteiger partial charge on any atom is 0.345 e. The summed E-state index contributed by atoms with van der Waals surface area (Å²) in [4.78, 5) is 13.4. The van der Waals surface area contributed by atoms with E-state index in [9.17, 15) is 4.79 Å². The lowest BCUT2D eigenvalue weighted by Crippen LogP contribution is -1.89. The van der Waals surface area contributed by atoms with Gasteiger partial charge in [0.05, 0.1) is 0 Å². The Morgan fingerprint density at radius 2 is 2.06 bits per heavy atom. The van der Waals surface area contributed by atoms with Gasteiger partial charge in [-0.25, -0.2) is 4.79 Å². The lowest BCUT2D eigenvalue weighted by atomic mass is 10.4. The minimum Gasteiger partial charge on any atom is -0.477 e. The average Bonchev–Trinajstić information content (AvgIpc) is 2.77. The van der Waals surface area contributed by atoms with Crippen molar-refractivity contribution in [2.45, 2.75) is 10.6 Å². The molecule has 2 nitrogen and oxygen atoms in total. The fourth-order valence-electron chi connectivity index (χ4n) is 1.28. The van der Waals surface area contributed by atoms with Crippen LogP contribution in [0, 0.1) is 0 Å². The predicted octanol–water partition coefficient (Wildman–Crippen LogP) is 4.50. The highest BCUT2D eigenvalue weighted by Gasteiger charge is 2.07. The monoisotopic (exact) mass is 328 g/mol. The third kappa shape index (κ3) is 3.34. The second-order valence-electron chi connectivity index (χ2n) is 3.29. The van der Waals surface area contributed by atoms with Crippen LogP contribution in [0.3, 0.4) is 0 Å². The highest BCUT2D eigenvalue weighted by atomic mass is 79.9. The molecule has 1 N–H and O–H groups in total. The molecule has 0 bridgehead atoms. The van der Waals surface area contributed by atoms with Crippen molar-refractivity contribution in [3.8, 4) is 0 Å². The maximum absolute atomic E-state index is 10.7. The zero-order chi connectivity index (χ0) is 12.3. The molecule has 0 radical (unpaired) electrons. The van der Waals surface area contributed by atoms with Crippen LogP contribution in [-0.2, 0) is 5.75 Å². The molecule has 0 amide bonds. The van der Waals surface area contributed by atoms with Crippen LogP contribution in [0.5, 0.6) is 0 Å². The number of thiophene rings is 1. The van der Waals surface area contributed by atoms with Gasteiger partial charge in [-0.3, -0.25) is 0 Å². The van der Waals surface area contributed by atoms with Crippen LogP contribution in [-0.4, -0.2) is 11.1 Å². The van der Waals surface area contributed by atoms with E-state index in [1.54, 1.807) is 17.8 Å². The molecular formula is C12H9BrO2S2. The highest BCUT2D eigenvalue weighted by Crippen LogP contribution is 2.31. The molecule has 2 aromatic rings. The zero-order valence-corrected chi connectivity index (χ0v) is 11.9. The standard InChI is InChI=1S/C12H9BrO2S2/c13-9-3-1-2-4-10(9)16-7-8-5-6-11(17-8)12(14)15/h1-6H,7H2,(H,14,15). The molecule has 0 saturated carbocycles. The van der Waals surface area contributed by atoms with Gasteiger partial charge in [-0.2, -0.15) is 0 Å². The number of benzene rings is 1. The van der Waals surface area contributed by atoms with E-state index in [-0.39, 0.29) is 0 Å². The smallest absolute Gasteiger partial charge is 0.345 e. The number of aromatic carboxylic acids is 1. The molecular weight excluding hydrogens is 320 g/mol. The van der Waals surface area contributed by atoms with E-state index >= 15 is 0 Å². The molecule has 0 fully saturated rings. The summed E-state index contributed by atoms with van der Waals surface area (Å²) >= 11 is 6.51. The van der Waals surface area contributed by atoms with Gasteiger partial charge in [0.1, 0.15) is 4.88 Å². The van der Waals surface area contributed by atoms with Crippen molar-refractivity contribution in [3.05, 3.63) is 50.6 Å². The number of hydrogen-bond donors (Lipinski definition) is 1. The van der Waals surface area contributed by atoms with E-state index in [1.165, 1.54) is 11.3 Å². The molecule has 2 rings (SSSR count). The molecule has 1 aromatic heterocycles. The number of carboxylic acid groups (broad SMARTS) is 1. The van der Waals surface area contributed by atoms with E-state index in [1.807, 2.05) is 30.3 Å². The number of carbonyl (C=O) groups is 1. The van der Waals surface area contributed by atoms with Crippen molar-refractivity contribution < 1.29 is 9.90 Å². The molecule has 1 heterocycles. The van der Waals surface area contributed by atoms with Crippen LogP contribution < -0.4 is 0 Å². The Balaban J connectivity index is 2.02. The van der Waals surface area contributed by atoms with E-state index in [0.717, 1.165) is 20.0 Å². The normalized spacial score (nSPS) is 10.4. The second-order valence-corrected chi connectivity index (χ2v) is 6.33. The lowest BCUT2D eigenvalue weighted by Gasteiger charge is -2.01. The van der Waals surface area contributed by atoms with Crippen LogP contribution >= 0.6 is 39.0 Å². The van der Waals surface area contributed by atoms with Crippen molar-refractivity contribution >= 4 is 45.0 Å². The topological polar surface area (TPSA) is 37.3 Å². The molecule has 0 spiro atoms. The van der Waals surface area contributed by atoms with Gasteiger partial charge >= 0.3 is 5.97 Å². The van der Waals surface area contributed by atoms with Gasteiger partial charge in [0.2, 0.25) is 0 Å². The predicted molar refractivity (Wildman–Crippen MR) is 75.0 cm³/mol. The summed E-state index contributed by atoms with van der Waals surface area (Å²) < 4.78 is 1.07. The first-order chi connectivity index (χ1) is 8.16. The summed E-state index contributed by atoms with van der Waals surface area (Å²) in [5, 5.41) is 8.82. The van der Waals surface area contributed by atoms with Gasteiger partial charge in [-0.15, -0.1) is 23.1 Å². The molecule has 0 unspecified atom stereocenters. The van der Waals surface area contributed by atoms with Crippen molar-refractivity contribution in [3.63, 3.8) is 0 Å². The van der Waals surface area contributed by atoms with E-state index in [4.69, 9.17) is 5.11 Å². The van der Waals surface area contributed by atoms with E-state index in [0.29, 0.717) is 4.88 Å². The van der Waals surface area contributed by atoms with E-state index in [2.05, 4.69) is 15.9 Å². The molecule has 88 valence electrons. The number of rotatable bonds is 4. The largest absolute Gasteiger partial charge is 0.477 e. The molecule has 0 saturated heterocycles. The second kappa shape index (κ2) is 5.71. The van der Waals surface area contributed by atoms with Gasteiger partial charge in [0.15, 0.2) is 0 Å². The fourth-order valence-corrected chi connectivity index (χ4v) is 3.74. The Bertz CT molecular complexity index is 537. The van der Waals surface area contributed by atoms with Gasteiger partial charge in [-0.05, 0) is 40.2 Å². The minimum atomic E-state index is -0.854. The number of hydrogen-bond acceptors (Lipinski definition) is 3. The van der Waals surface area contributed by atoms with E-state index < -0.39 is 5.97 Å². The first-order valence-electron chi connectivity index (χ1n) is 4.86.